The molecule has 0 saturated carbocycles. The van der Waals surface area contributed by atoms with Crippen molar-refractivity contribution in [2.75, 3.05) is 12.4 Å². The smallest absolute Gasteiger partial charge is 0.341 e. The van der Waals surface area contributed by atoms with Gasteiger partial charge in [0.25, 0.3) is 5.91 Å². The van der Waals surface area contributed by atoms with E-state index in [0.29, 0.717) is 27.8 Å². The maximum Gasteiger partial charge on any atom is 0.341 e. The molecule has 0 saturated heterocycles. The summed E-state index contributed by atoms with van der Waals surface area (Å²) in [5, 5.41) is 3.43. The van der Waals surface area contributed by atoms with E-state index in [9.17, 15) is 9.59 Å². The van der Waals surface area contributed by atoms with E-state index < -0.39 is 5.97 Å². The standard InChI is InChI=1S/C17H19NO4S/c1-9-4-5-12-13(8-9)23-16(14(12)17(20)21-3)18-15(19)11-6-7-22-10(11)2/h6-7,9H,4-5,8H2,1-3H3,(H,18,19)/t9-/m1/s1. The molecule has 2 aromatic heterocycles. The summed E-state index contributed by atoms with van der Waals surface area (Å²) in [6.07, 6.45) is 4.30. The van der Waals surface area contributed by atoms with Crippen LogP contribution in [0.3, 0.4) is 0 Å². The van der Waals surface area contributed by atoms with Crippen molar-refractivity contribution in [3.8, 4) is 0 Å². The molecular weight excluding hydrogens is 314 g/mol. The number of aryl methyl sites for hydroxylation is 1. The second-order valence-corrected chi connectivity index (χ2v) is 7.00. The van der Waals surface area contributed by atoms with Crippen LogP contribution in [0.1, 0.15) is 50.3 Å². The van der Waals surface area contributed by atoms with Crippen LogP contribution in [0.5, 0.6) is 0 Å². The first kappa shape index (κ1) is 15.8. The van der Waals surface area contributed by atoms with Crippen molar-refractivity contribution < 1.29 is 18.7 Å². The highest BCUT2D eigenvalue weighted by atomic mass is 32.1. The molecule has 5 nitrogen and oxygen atoms in total. The van der Waals surface area contributed by atoms with Crippen molar-refractivity contribution in [2.45, 2.75) is 33.1 Å². The Bertz CT molecular complexity index is 759. The molecule has 1 N–H and O–H groups in total. The number of amides is 1. The number of anilines is 1. The average molecular weight is 333 g/mol. The van der Waals surface area contributed by atoms with Gasteiger partial charge in [-0.25, -0.2) is 4.79 Å². The molecule has 2 heterocycles. The number of carbonyl (C=O) groups excluding carboxylic acids is 2. The topological polar surface area (TPSA) is 68.5 Å². The fraction of sp³-hybridized carbons (Fsp3) is 0.412. The van der Waals surface area contributed by atoms with E-state index in [1.165, 1.54) is 29.6 Å². The predicted molar refractivity (Wildman–Crippen MR) is 88.2 cm³/mol. The van der Waals surface area contributed by atoms with Gasteiger partial charge in [-0.2, -0.15) is 0 Å². The first-order valence-electron chi connectivity index (χ1n) is 7.59. The number of furan rings is 1. The molecule has 1 atom stereocenters. The number of thiophene rings is 1. The molecule has 6 heteroatoms. The molecule has 0 spiro atoms. The van der Waals surface area contributed by atoms with Gasteiger partial charge in [0.1, 0.15) is 10.8 Å². The third-order valence-electron chi connectivity index (χ3n) is 4.23. The van der Waals surface area contributed by atoms with Crippen LogP contribution in [-0.2, 0) is 17.6 Å². The van der Waals surface area contributed by atoms with Gasteiger partial charge in [0.05, 0.1) is 24.5 Å². The van der Waals surface area contributed by atoms with E-state index in [1.54, 1.807) is 13.0 Å². The second kappa shape index (κ2) is 6.20. The van der Waals surface area contributed by atoms with Crippen molar-refractivity contribution >= 4 is 28.2 Å². The number of hydrogen-bond acceptors (Lipinski definition) is 5. The van der Waals surface area contributed by atoms with Crippen LogP contribution >= 0.6 is 11.3 Å². The van der Waals surface area contributed by atoms with Crippen LogP contribution in [0.4, 0.5) is 5.00 Å². The highest BCUT2D eigenvalue weighted by molar-refractivity contribution is 7.17. The van der Waals surface area contributed by atoms with Crippen molar-refractivity contribution in [3.05, 3.63) is 39.7 Å². The summed E-state index contributed by atoms with van der Waals surface area (Å²) in [7, 11) is 1.36. The molecule has 3 rings (SSSR count). The molecule has 2 aromatic rings. The van der Waals surface area contributed by atoms with Gasteiger partial charge in [-0.1, -0.05) is 6.92 Å². The molecule has 122 valence electrons. The van der Waals surface area contributed by atoms with E-state index in [1.807, 2.05) is 0 Å². The van der Waals surface area contributed by atoms with Crippen LogP contribution in [0.2, 0.25) is 0 Å². The molecule has 0 bridgehead atoms. The number of methoxy groups -OCH3 is 1. The Morgan fingerprint density at radius 2 is 2.22 bits per heavy atom. The van der Waals surface area contributed by atoms with Gasteiger partial charge in [0, 0.05) is 4.88 Å². The summed E-state index contributed by atoms with van der Waals surface area (Å²) in [4.78, 5) is 25.8. The molecule has 0 aliphatic heterocycles. The van der Waals surface area contributed by atoms with Gasteiger partial charge in [0.2, 0.25) is 0 Å². The molecule has 1 aliphatic rings. The van der Waals surface area contributed by atoms with Crippen LogP contribution in [0.15, 0.2) is 16.7 Å². The molecule has 0 fully saturated rings. The van der Waals surface area contributed by atoms with E-state index in [-0.39, 0.29) is 5.91 Å². The molecule has 0 radical (unpaired) electrons. The minimum atomic E-state index is -0.392. The molecule has 0 unspecified atom stereocenters. The quantitative estimate of drug-likeness (QED) is 0.867. The normalized spacial score (nSPS) is 16.7. The number of nitrogens with one attached hydrogen (secondary N) is 1. The lowest BCUT2D eigenvalue weighted by molar-refractivity contribution is 0.0601. The third-order valence-corrected chi connectivity index (χ3v) is 5.40. The number of ether oxygens (including phenoxy) is 1. The Kier molecular flexibility index (Phi) is 4.26. The first-order chi connectivity index (χ1) is 11.0. The summed E-state index contributed by atoms with van der Waals surface area (Å²) in [6, 6.07) is 1.62. The third kappa shape index (κ3) is 2.91. The zero-order valence-electron chi connectivity index (χ0n) is 13.4. The number of fused-ring (bicyclic) bond motifs is 1. The van der Waals surface area contributed by atoms with Crippen LogP contribution in [-0.4, -0.2) is 19.0 Å². The Labute approximate surface area is 138 Å². The summed E-state index contributed by atoms with van der Waals surface area (Å²) < 4.78 is 10.1. The van der Waals surface area contributed by atoms with Gasteiger partial charge >= 0.3 is 5.97 Å². The zero-order valence-corrected chi connectivity index (χ0v) is 14.2. The molecule has 1 amide bonds. The molecular formula is C17H19NO4S. The summed E-state index contributed by atoms with van der Waals surface area (Å²) in [5.74, 6) is 0.479. The van der Waals surface area contributed by atoms with Crippen molar-refractivity contribution in [1.82, 2.24) is 0 Å². The maximum absolute atomic E-state index is 12.4. The van der Waals surface area contributed by atoms with Crippen LogP contribution in [0.25, 0.3) is 0 Å². The largest absolute Gasteiger partial charge is 0.469 e. The van der Waals surface area contributed by atoms with Gasteiger partial charge in [-0.15, -0.1) is 11.3 Å². The lowest BCUT2D eigenvalue weighted by atomic mass is 9.88. The summed E-state index contributed by atoms with van der Waals surface area (Å²) >= 11 is 1.48. The highest BCUT2D eigenvalue weighted by Crippen LogP contribution is 2.40. The number of esters is 1. The van der Waals surface area contributed by atoms with E-state index in [2.05, 4.69) is 12.2 Å². The highest BCUT2D eigenvalue weighted by Gasteiger charge is 2.29. The van der Waals surface area contributed by atoms with E-state index in [0.717, 1.165) is 24.8 Å². The Balaban J connectivity index is 1.97. The SMILES string of the molecule is COC(=O)c1c(NC(=O)c2ccoc2C)sc2c1CC[C@@H](C)C2. The van der Waals surface area contributed by atoms with E-state index >= 15 is 0 Å². The predicted octanol–water partition coefficient (Wildman–Crippen LogP) is 3.81. The summed E-state index contributed by atoms with van der Waals surface area (Å²) in [5.41, 5.74) is 2.01. The first-order valence-corrected chi connectivity index (χ1v) is 8.41. The van der Waals surface area contributed by atoms with Gasteiger partial charge in [-0.05, 0) is 43.7 Å². The fourth-order valence-corrected chi connectivity index (χ4v) is 4.34. The van der Waals surface area contributed by atoms with Crippen molar-refractivity contribution in [1.29, 1.82) is 0 Å². The van der Waals surface area contributed by atoms with Gasteiger partial charge in [-0.3, -0.25) is 4.79 Å². The van der Waals surface area contributed by atoms with Gasteiger partial charge < -0.3 is 14.5 Å². The van der Waals surface area contributed by atoms with E-state index in [4.69, 9.17) is 9.15 Å². The summed E-state index contributed by atoms with van der Waals surface area (Å²) in [6.45, 7) is 3.94. The molecule has 1 aliphatic carbocycles. The minimum absolute atomic E-state index is 0.270. The molecule has 0 aromatic carbocycles. The number of hydrogen-bond donors (Lipinski definition) is 1. The maximum atomic E-state index is 12.4. The van der Waals surface area contributed by atoms with Crippen molar-refractivity contribution in [2.24, 2.45) is 5.92 Å². The lowest BCUT2D eigenvalue weighted by Crippen LogP contribution is -2.16. The minimum Gasteiger partial charge on any atom is -0.469 e. The van der Waals surface area contributed by atoms with Gasteiger partial charge in [0.15, 0.2) is 0 Å². The zero-order chi connectivity index (χ0) is 16.6. The average Bonchev–Trinajstić information content (AvgIpc) is 3.09. The Hall–Kier alpha value is -2.08. The molecule has 23 heavy (non-hydrogen) atoms. The number of carbonyl (C=O) groups is 2. The Morgan fingerprint density at radius 1 is 1.43 bits per heavy atom. The van der Waals surface area contributed by atoms with Crippen LogP contribution < -0.4 is 5.32 Å². The fourth-order valence-electron chi connectivity index (χ4n) is 2.95. The second-order valence-electron chi connectivity index (χ2n) is 5.89. The van der Waals surface area contributed by atoms with Crippen LogP contribution in [0, 0.1) is 12.8 Å². The number of rotatable bonds is 3. The monoisotopic (exact) mass is 333 g/mol. The van der Waals surface area contributed by atoms with Crippen molar-refractivity contribution in [3.63, 3.8) is 0 Å². The lowest BCUT2D eigenvalue weighted by Gasteiger charge is -2.18. The Morgan fingerprint density at radius 3 is 2.87 bits per heavy atom.